The van der Waals surface area contributed by atoms with Gasteiger partial charge in [0, 0.05) is 35.2 Å². The first-order valence-corrected chi connectivity index (χ1v) is 13.4. The number of hydrogen-bond acceptors (Lipinski definition) is 5. The lowest BCUT2D eigenvalue weighted by Gasteiger charge is -2.57. The number of ether oxygens (including phenoxy) is 1. The standard InChI is InChI=1S/C31H36N2O3/c1-18-14-20-15-24-27(34)28(35)25(33(3)4)16-30(24)11-12-31(20,36-30)26-9-8-23(29(18,26)2)21-7-5-6-19-10-13-32-17-22(19)21/h5-8,10,13-15,17-18,25-28,34-35H,9,11-12,16H2,1-4H3. The van der Waals surface area contributed by atoms with Gasteiger partial charge in [0.15, 0.2) is 0 Å². The Morgan fingerprint density at radius 3 is 2.78 bits per heavy atom. The molecule has 8 unspecified atom stereocenters. The third kappa shape index (κ3) is 2.67. The zero-order valence-electron chi connectivity index (χ0n) is 21.6. The van der Waals surface area contributed by atoms with Crippen LogP contribution in [0.15, 0.2) is 66.0 Å². The van der Waals surface area contributed by atoms with Crippen LogP contribution < -0.4 is 0 Å². The van der Waals surface area contributed by atoms with Crippen molar-refractivity contribution in [2.45, 2.75) is 69.0 Å². The van der Waals surface area contributed by atoms with Crippen LogP contribution in [-0.2, 0) is 4.74 Å². The van der Waals surface area contributed by atoms with E-state index in [1.54, 1.807) is 0 Å². The lowest BCUT2D eigenvalue weighted by atomic mass is 9.54. The third-order valence-electron chi connectivity index (χ3n) is 10.6. The van der Waals surface area contributed by atoms with E-state index in [1.165, 1.54) is 27.5 Å². The van der Waals surface area contributed by atoms with E-state index in [-0.39, 0.29) is 17.1 Å². The Kier molecular flexibility index (Phi) is 4.69. The quantitative estimate of drug-likeness (QED) is 0.657. The second kappa shape index (κ2) is 7.38. The Hall–Kier alpha value is -2.31. The van der Waals surface area contributed by atoms with E-state index in [4.69, 9.17) is 4.74 Å². The minimum Gasteiger partial charge on any atom is -0.388 e. The van der Waals surface area contributed by atoms with Gasteiger partial charge in [0.1, 0.15) is 6.10 Å². The van der Waals surface area contributed by atoms with E-state index in [0.717, 1.165) is 24.8 Å². The maximum absolute atomic E-state index is 11.2. The van der Waals surface area contributed by atoms with Gasteiger partial charge in [0.05, 0.1) is 17.3 Å². The zero-order valence-corrected chi connectivity index (χ0v) is 21.6. The zero-order chi connectivity index (χ0) is 25.0. The maximum atomic E-state index is 11.2. The highest BCUT2D eigenvalue weighted by molar-refractivity contribution is 5.95. The van der Waals surface area contributed by atoms with Crippen molar-refractivity contribution in [3.8, 4) is 0 Å². The van der Waals surface area contributed by atoms with E-state index in [2.05, 4.69) is 61.3 Å². The molecule has 5 heteroatoms. The summed E-state index contributed by atoms with van der Waals surface area (Å²) in [5.41, 5.74) is 3.86. The van der Waals surface area contributed by atoms with Gasteiger partial charge in [0.25, 0.3) is 0 Å². The molecule has 188 valence electrons. The molecule has 36 heavy (non-hydrogen) atoms. The van der Waals surface area contributed by atoms with Gasteiger partial charge in [-0.15, -0.1) is 0 Å². The summed E-state index contributed by atoms with van der Waals surface area (Å²) in [5.74, 6) is 0.624. The van der Waals surface area contributed by atoms with Gasteiger partial charge in [-0.25, -0.2) is 0 Å². The van der Waals surface area contributed by atoms with E-state index in [0.29, 0.717) is 18.3 Å². The van der Waals surface area contributed by atoms with Crippen LogP contribution in [0.2, 0.25) is 0 Å². The van der Waals surface area contributed by atoms with E-state index in [9.17, 15) is 10.2 Å². The Balaban J connectivity index is 1.36. The van der Waals surface area contributed by atoms with Crippen molar-refractivity contribution in [1.82, 2.24) is 9.88 Å². The van der Waals surface area contributed by atoms with Crippen LogP contribution >= 0.6 is 0 Å². The number of benzene rings is 1. The number of fused-ring (bicyclic) bond motifs is 2. The van der Waals surface area contributed by atoms with E-state index >= 15 is 0 Å². The Morgan fingerprint density at radius 2 is 1.97 bits per heavy atom. The molecule has 2 aliphatic heterocycles. The fourth-order valence-corrected chi connectivity index (χ4v) is 8.58. The van der Waals surface area contributed by atoms with Crippen molar-refractivity contribution in [2.75, 3.05) is 14.1 Å². The fourth-order valence-electron chi connectivity index (χ4n) is 8.58. The molecular formula is C31H36N2O3. The Bertz CT molecular complexity index is 1360. The van der Waals surface area contributed by atoms with Crippen molar-refractivity contribution in [1.29, 1.82) is 0 Å². The molecule has 5 aliphatic rings. The first kappa shape index (κ1) is 22.9. The largest absolute Gasteiger partial charge is 0.388 e. The highest BCUT2D eigenvalue weighted by atomic mass is 16.5. The smallest absolute Gasteiger partial charge is 0.105 e. The molecule has 5 nitrogen and oxygen atoms in total. The number of hydrogen-bond donors (Lipinski definition) is 2. The number of rotatable bonds is 2. The molecule has 0 radical (unpaired) electrons. The summed E-state index contributed by atoms with van der Waals surface area (Å²) < 4.78 is 7.30. The summed E-state index contributed by atoms with van der Waals surface area (Å²) in [5, 5.41) is 24.6. The van der Waals surface area contributed by atoms with E-state index in [1.807, 2.05) is 31.4 Å². The van der Waals surface area contributed by atoms with Gasteiger partial charge in [-0.1, -0.05) is 50.3 Å². The second-order valence-corrected chi connectivity index (χ2v) is 12.3. The van der Waals surface area contributed by atoms with Crippen molar-refractivity contribution in [3.05, 3.63) is 71.6 Å². The molecule has 2 N–H and O–H groups in total. The van der Waals surface area contributed by atoms with Crippen molar-refractivity contribution >= 4 is 16.3 Å². The van der Waals surface area contributed by atoms with Gasteiger partial charge >= 0.3 is 0 Å². The van der Waals surface area contributed by atoms with Crippen molar-refractivity contribution in [2.24, 2.45) is 17.3 Å². The number of pyridine rings is 1. The molecule has 1 aromatic heterocycles. The van der Waals surface area contributed by atoms with Crippen molar-refractivity contribution < 1.29 is 14.9 Å². The van der Waals surface area contributed by atoms with Crippen LogP contribution in [0.25, 0.3) is 16.3 Å². The molecule has 2 fully saturated rings. The molecule has 3 heterocycles. The first-order chi connectivity index (χ1) is 17.2. The lowest BCUT2D eigenvalue weighted by molar-refractivity contribution is -0.165. The van der Waals surface area contributed by atoms with Crippen LogP contribution in [0.1, 0.15) is 45.1 Å². The number of likely N-dealkylation sites (N-methyl/N-ethyl adjacent to an activating group) is 1. The molecule has 8 atom stereocenters. The highest BCUT2D eigenvalue weighted by Crippen LogP contribution is 2.69. The average molecular weight is 485 g/mol. The lowest BCUT2D eigenvalue weighted by Crippen LogP contribution is -2.62. The summed E-state index contributed by atoms with van der Waals surface area (Å²) in [6.45, 7) is 4.77. The van der Waals surface area contributed by atoms with Crippen LogP contribution in [0.3, 0.4) is 0 Å². The fraction of sp³-hybridized carbons (Fsp3) is 0.516. The molecular weight excluding hydrogens is 448 g/mol. The van der Waals surface area contributed by atoms with Gasteiger partial charge in [0.2, 0.25) is 0 Å². The summed E-state index contributed by atoms with van der Waals surface area (Å²) in [6.07, 6.45) is 12.8. The first-order valence-electron chi connectivity index (χ1n) is 13.4. The molecule has 0 amide bonds. The summed E-state index contributed by atoms with van der Waals surface area (Å²) in [4.78, 5) is 6.49. The summed E-state index contributed by atoms with van der Waals surface area (Å²) in [7, 11) is 3.97. The maximum Gasteiger partial charge on any atom is 0.105 e. The predicted octanol–water partition coefficient (Wildman–Crippen LogP) is 4.50. The van der Waals surface area contributed by atoms with Crippen LogP contribution in [-0.4, -0.2) is 63.6 Å². The number of aliphatic hydroxyl groups excluding tert-OH is 2. The van der Waals surface area contributed by atoms with E-state index < -0.39 is 17.8 Å². The SMILES string of the molecule is CC1C=C2C=C3C(O)C(O)C(N(C)C)CC34CCC2(O4)C2CC=C(c3cccc4ccncc34)C12C. The summed E-state index contributed by atoms with van der Waals surface area (Å²) >= 11 is 0. The predicted molar refractivity (Wildman–Crippen MR) is 141 cm³/mol. The molecule has 1 saturated carbocycles. The van der Waals surface area contributed by atoms with Gasteiger partial charge in [-0.3, -0.25) is 4.98 Å². The Morgan fingerprint density at radius 1 is 1.14 bits per heavy atom. The topological polar surface area (TPSA) is 65.8 Å². The van der Waals surface area contributed by atoms with Gasteiger partial charge in [-0.05, 0) is 79.4 Å². The third-order valence-corrected chi connectivity index (χ3v) is 10.6. The summed E-state index contributed by atoms with van der Waals surface area (Å²) in [6, 6.07) is 8.54. The molecule has 3 aliphatic carbocycles. The Labute approximate surface area is 213 Å². The number of allylic oxidation sites excluding steroid dienone is 3. The molecule has 1 aromatic carbocycles. The number of aliphatic hydroxyl groups is 2. The second-order valence-electron chi connectivity index (χ2n) is 12.3. The normalized spacial score (nSPS) is 43.0. The minimum atomic E-state index is -0.896. The highest BCUT2D eigenvalue weighted by Gasteiger charge is 2.68. The van der Waals surface area contributed by atoms with Crippen LogP contribution in [0, 0.1) is 17.3 Å². The molecule has 2 aromatic rings. The average Bonchev–Trinajstić information content (AvgIpc) is 3.39. The molecule has 2 bridgehead atoms. The molecule has 7 rings (SSSR count). The molecule has 2 spiro atoms. The monoisotopic (exact) mass is 484 g/mol. The number of aromatic nitrogens is 1. The minimum absolute atomic E-state index is 0.0712. The van der Waals surface area contributed by atoms with Crippen LogP contribution in [0.5, 0.6) is 0 Å². The number of nitrogens with zero attached hydrogens (tertiary/aromatic N) is 2. The van der Waals surface area contributed by atoms with Crippen molar-refractivity contribution in [3.63, 3.8) is 0 Å². The van der Waals surface area contributed by atoms with Gasteiger partial charge in [-0.2, -0.15) is 0 Å². The molecule has 1 saturated heterocycles. The van der Waals surface area contributed by atoms with Gasteiger partial charge < -0.3 is 19.8 Å². The van der Waals surface area contributed by atoms with Crippen LogP contribution in [0.4, 0.5) is 0 Å².